The van der Waals surface area contributed by atoms with Crippen molar-refractivity contribution < 1.29 is 4.79 Å². The Morgan fingerprint density at radius 3 is 2.63 bits per heavy atom. The van der Waals surface area contributed by atoms with E-state index < -0.39 is 0 Å². The fraction of sp³-hybridized carbons (Fsp3) is 0.611. The number of aldehydes is 1. The molecule has 1 atom stereocenters. The molecular weight excluding hydrogens is 232 g/mol. The third-order valence-corrected chi connectivity index (χ3v) is 4.57. The molecule has 1 aromatic rings. The lowest BCUT2D eigenvalue weighted by Crippen LogP contribution is -2.12. The Balaban J connectivity index is 2.38. The molecule has 1 aromatic carbocycles. The Hall–Kier alpha value is -1.11. The maximum absolute atomic E-state index is 11.4. The summed E-state index contributed by atoms with van der Waals surface area (Å²) in [6, 6.07) is 6.30. The molecule has 1 heteroatoms. The van der Waals surface area contributed by atoms with Crippen LogP contribution in [0.1, 0.15) is 92.1 Å². The second-order valence-corrected chi connectivity index (χ2v) is 5.99. The Morgan fingerprint density at radius 1 is 1.26 bits per heavy atom. The smallest absolute Gasteiger partial charge is 0.150 e. The maximum Gasteiger partial charge on any atom is 0.150 e. The normalized spacial score (nSPS) is 18.2. The summed E-state index contributed by atoms with van der Waals surface area (Å²) >= 11 is 0. The molecule has 1 unspecified atom stereocenters. The SMILES string of the molecule is CCCC(C)c1cccc(C=O)c1C1CCCCC1. The minimum atomic E-state index is 0.571. The van der Waals surface area contributed by atoms with Gasteiger partial charge in [0.15, 0.2) is 0 Å². The van der Waals surface area contributed by atoms with E-state index in [1.54, 1.807) is 0 Å². The van der Waals surface area contributed by atoms with Gasteiger partial charge in [-0.25, -0.2) is 0 Å². The first-order chi connectivity index (χ1) is 9.27. The van der Waals surface area contributed by atoms with Crippen LogP contribution in [0.4, 0.5) is 0 Å². The van der Waals surface area contributed by atoms with E-state index in [4.69, 9.17) is 0 Å². The highest BCUT2D eigenvalue weighted by Gasteiger charge is 2.23. The summed E-state index contributed by atoms with van der Waals surface area (Å²) in [5, 5.41) is 0. The summed E-state index contributed by atoms with van der Waals surface area (Å²) in [5.74, 6) is 1.19. The molecule has 1 saturated carbocycles. The molecule has 0 heterocycles. The molecule has 0 spiro atoms. The van der Waals surface area contributed by atoms with Gasteiger partial charge in [-0.15, -0.1) is 0 Å². The van der Waals surface area contributed by atoms with Gasteiger partial charge in [0, 0.05) is 5.56 Å². The van der Waals surface area contributed by atoms with Crippen molar-refractivity contribution in [3.8, 4) is 0 Å². The molecule has 0 radical (unpaired) electrons. The van der Waals surface area contributed by atoms with Crippen LogP contribution in [0.5, 0.6) is 0 Å². The minimum absolute atomic E-state index is 0.571. The molecule has 1 fully saturated rings. The zero-order chi connectivity index (χ0) is 13.7. The Bertz CT molecular complexity index is 416. The fourth-order valence-electron chi connectivity index (χ4n) is 3.59. The maximum atomic E-state index is 11.4. The molecule has 19 heavy (non-hydrogen) atoms. The van der Waals surface area contributed by atoms with Crippen molar-refractivity contribution in [3.63, 3.8) is 0 Å². The summed E-state index contributed by atoms with van der Waals surface area (Å²) in [5.41, 5.74) is 3.74. The van der Waals surface area contributed by atoms with E-state index in [9.17, 15) is 4.79 Å². The van der Waals surface area contributed by atoms with Crippen molar-refractivity contribution in [1.82, 2.24) is 0 Å². The Morgan fingerprint density at radius 2 is 2.00 bits per heavy atom. The first-order valence-corrected chi connectivity index (χ1v) is 7.85. The van der Waals surface area contributed by atoms with Crippen LogP contribution in [0.3, 0.4) is 0 Å². The van der Waals surface area contributed by atoms with Crippen molar-refractivity contribution in [2.75, 3.05) is 0 Å². The monoisotopic (exact) mass is 258 g/mol. The molecule has 104 valence electrons. The first-order valence-electron chi connectivity index (χ1n) is 7.85. The molecule has 0 saturated heterocycles. The van der Waals surface area contributed by atoms with Gasteiger partial charge in [0.05, 0.1) is 0 Å². The molecule has 0 aliphatic heterocycles. The van der Waals surface area contributed by atoms with Crippen molar-refractivity contribution in [2.24, 2.45) is 0 Å². The fourth-order valence-corrected chi connectivity index (χ4v) is 3.59. The topological polar surface area (TPSA) is 17.1 Å². The van der Waals surface area contributed by atoms with E-state index in [1.165, 1.54) is 56.1 Å². The van der Waals surface area contributed by atoms with E-state index in [0.717, 1.165) is 11.8 Å². The molecule has 2 rings (SSSR count). The van der Waals surface area contributed by atoms with Crippen LogP contribution in [0.2, 0.25) is 0 Å². The van der Waals surface area contributed by atoms with Crippen molar-refractivity contribution in [3.05, 3.63) is 34.9 Å². The standard InChI is InChI=1S/C18H26O/c1-3-8-14(2)17-12-7-11-16(13-19)18(17)15-9-5-4-6-10-15/h7,11-15H,3-6,8-10H2,1-2H3. The summed E-state index contributed by atoms with van der Waals surface area (Å²) in [7, 11) is 0. The zero-order valence-electron chi connectivity index (χ0n) is 12.3. The number of benzene rings is 1. The predicted molar refractivity (Wildman–Crippen MR) is 81.0 cm³/mol. The van der Waals surface area contributed by atoms with Gasteiger partial charge in [0.1, 0.15) is 6.29 Å². The average Bonchev–Trinajstić information content (AvgIpc) is 2.47. The van der Waals surface area contributed by atoms with E-state index in [0.29, 0.717) is 11.8 Å². The molecule has 0 bridgehead atoms. The van der Waals surface area contributed by atoms with Gasteiger partial charge in [-0.3, -0.25) is 4.79 Å². The van der Waals surface area contributed by atoms with E-state index >= 15 is 0 Å². The lowest BCUT2D eigenvalue weighted by atomic mass is 9.77. The lowest BCUT2D eigenvalue weighted by molar-refractivity contribution is 0.112. The quantitative estimate of drug-likeness (QED) is 0.642. The molecule has 0 aromatic heterocycles. The predicted octanol–water partition coefficient (Wildman–Crippen LogP) is 5.45. The second-order valence-electron chi connectivity index (χ2n) is 5.99. The van der Waals surface area contributed by atoms with Gasteiger partial charge in [0.2, 0.25) is 0 Å². The van der Waals surface area contributed by atoms with Gasteiger partial charge in [0.25, 0.3) is 0 Å². The second kappa shape index (κ2) is 6.88. The summed E-state index contributed by atoms with van der Waals surface area (Å²) in [6.07, 6.45) is 10.00. The van der Waals surface area contributed by atoms with Crippen LogP contribution in [0.15, 0.2) is 18.2 Å². The number of carbonyl (C=O) groups excluding carboxylic acids is 1. The Kier molecular flexibility index (Phi) is 5.18. The van der Waals surface area contributed by atoms with Crippen molar-refractivity contribution in [1.29, 1.82) is 0 Å². The summed E-state index contributed by atoms with van der Waals surface area (Å²) in [6.45, 7) is 4.54. The van der Waals surface area contributed by atoms with Crippen LogP contribution in [-0.2, 0) is 0 Å². The van der Waals surface area contributed by atoms with E-state index in [2.05, 4.69) is 26.0 Å². The van der Waals surface area contributed by atoms with Crippen LogP contribution >= 0.6 is 0 Å². The van der Waals surface area contributed by atoms with Crippen LogP contribution < -0.4 is 0 Å². The molecule has 0 N–H and O–H groups in total. The van der Waals surface area contributed by atoms with Crippen LogP contribution in [0.25, 0.3) is 0 Å². The van der Waals surface area contributed by atoms with E-state index in [-0.39, 0.29) is 0 Å². The van der Waals surface area contributed by atoms with Gasteiger partial charge in [-0.1, -0.05) is 57.7 Å². The van der Waals surface area contributed by atoms with Crippen molar-refractivity contribution >= 4 is 6.29 Å². The van der Waals surface area contributed by atoms with E-state index in [1.807, 2.05) is 6.07 Å². The largest absolute Gasteiger partial charge is 0.298 e. The Labute approximate surface area is 117 Å². The number of hydrogen-bond donors (Lipinski definition) is 0. The van der Waals surface area contributed by atoms with Crippen LogP contribution in [-0.4, -0.2) is 6.29 Å². The minimum Gasteiger partial charge on any atom is -0.298 e. The third-order valence-electron chi connectivity index (χ3n) is 4.57. The molecule has 1 aliphatic rings. The average molecular weight is 258 g/mol. The number of carbonyl (C=O) groups is 1. The first kappa shape index (κ1) is 14.3. The highest BCUT2D eigenvalue weighted by molar-refractivity contribution is 5.78. The third kappa shape index (κ3) is 3.26. The van der Waals surface area contributed by atoms with Gasteiger partial charge in [-0.05, 0) is 42.2 Å². The van der Waals surface area contributed by atoms with Crippen molar-refractivity contribution in [2.45, 2.75) is 70.6 Å². The highest BCUT2D eigenvalue weighted by atomic mass is 16.1. The molecule has 1 aliphatic carbocycles. The van der Waals surface area contributed by atoms with Crippen LogP contribution in [0, 0.1) is 0 Å². The van der Waals surface area contributed by atoms with Gasteiger partial charge >= 0.3 is 0 Å². The summed E-state index contributed by atoms with van der Waals surface area (Å²) < 4.78 is 0. The molecule has 0 amide bonds. The number of hydrogen-bond acceptors (Lipinski definition) is 1. The highest BCUT2D eigenvalue weighted by Crippen LogP contribution is 2.39. The van der Waals surface area contributed by atoms with Gasteiger partial charge < -0.3 is 0 Å². The van der Waals surface area contributed by atoms with Gasteiger partial charge in [-0.2, -0.15) is 0 Å². The molecule has 1 nitrogen and oxygen atoms in total. The zero-order valence-corrected chi connectivity index (χ0v) is 12.3. The summed E-state index contributed by atoms with van der Waals surface area (Å²) in [4.78, 5) is 11.4. The lowest BCUT2D eigenvalue weighted by Gasteiger charge is -2.27. The molecular formula is C18H26O. The number of rotatable bonds is 5.